The molecule has 2 aromatic heterocycles. The van der Waals surface area contributed by atoms with Gasteiger partial charge in [-0.15, -0.1) is 0 Å². The third-order valence-corrected chi connectivity index (χ3v) is 3.49. The van der Waals surface area contributed by atoms with E-state index in [0.717, 1.165) is 10.3 Å². The molecule has 138 valence electrons. The van der Waals surface area contributed by atoms with Gasteiger partial charge >= 0.3 is 0 Å². The van der Waals surface area contributed by atoms with Gasteiger partial charge in [-0.2, -0.15) is 4.73 Å². The van der Waals surface area contributed by atoms with E-state index in [1.54, 1.807) is 31.3 Å². The second-order valence-electron chi connectivity index (χ2n) is 5.26. The van der Waals surface area contributed by atoms with Gasteiger partial charge < -0.3 is 15.3 Å². The Kier molecular flexibility index (Phi) is 6.68. The summed E-state index contributed by atoms with van der Waals surface area (Å²) in [6.45, 7) is 5.58. The van der Waals surface area contributed by atoms with Crippen LogP contribution in [0.25, 0.3) is 10.8 Å². The molecule has 0 unspecified atom stereocenters. The number of benzene rings is 1. The number of fused-ring (bicyclic) bond motifs is 1. The lowest BCUT2D eigenvalue weighted by Crippen LogP contribution is -2.28. The smallest absolute Gasteiger partial charge is 0.293 e. The summed E-state index contributed by atoms with van der Waals surface area (Å²) in [7, 11) is 0. The lowest BCUT2D eigenvalue weighted by molar-refractivity contribution is 0.0701. The van der Waals surface area contributed by atoms with Gasteiger partial charge in [-0.1, -0.05) is 19.9 Å². The van der Waals surface area contributed by atoms with Crippen LogP contribution >= 0.6 is 0 Å². The Morgan fingerprint density at radius 2 is 2.00 bits per heavy atom. The zero-order valence-electron chi connectivity index (χ0n) is 15.0. The van der Waals surface area contributed by atoms with E-state index in [4.69, 9.17) is 9.94 Å². The van der Waals surface area contributed by atoms with Crippen molar-refractivity contribution >= 4 is 22.1 Å². The number of hydrogen-bond donors (Lipinski definition) is 2. The average Bonchev–Trinajstić information content (AvgIpc) is 2.65. The summed E-state index contributed by atoms with van der Waals surface area (Å²) in [6.07, 6.45) is 4.46. The van der Waals surface area contributed by atoms with E-state index < -0.39 is 11.4 Å². The second-order valence-corrected chi connectivity index (χ2v) is 5.26. The maximum atomic E-state index is 14.1. The van der Waals surface area contributed by atoms with Crippen LogP contribution in [0, 0.1) is 12.7 Å². The van der Waals surface area contributed by atoms with Crippen LogP contribution in [-0.2, 0) is 0 Å². The fraction of sp³-hybridized carbons (Fsp3) is 0.263. The highest BCUT2D eigenvalue weighted by molar-refractivity contribution is 5.93. The number of aliphatic hydroxyl groups excluding tert-OH is 1. The van der Waals surface area contributed by atoms with Crippen molar-refractivity contribution in [2.75, 3.05) is 18.5 Å². The van der Waals surface area contributed by atoms with Crippen molar-refractivity contribution in [3.8, 4) is 0 Å². The molecule has 1 aromatic carbocycles. The van der Waals surface area contributed by atoms with Crippen molar-refractivity contribution in [1.29, 1.82) is 0 Å². The SMILES string of the molecule is CC.Cc1ccc(Nc2cncc3ccn(OCCO)c(=O)c23)c(F)c1. The zero-order valence-corrected chi connectivity index (χ0v) is 15.0. The Morgan fingerprint density at radius 1 is 1.23 bits per heavy atom. The van der Waals surface area contributed by atoms with E-state index >= 15 is 0 Å². The molecule has 0 amide bonds. The molecule has 0 bridgehead atoms. The molecule has 3 aromatic rings. The molecule has 2 N–H and O–H groups in total. The number of rotatable bonds is 5. The van der Waals surface area contributed by atoms with Crippen LogP contribution < -0.4 is 15.7 Å². The van der Waals surface area contributed by atoms with E-state index in [2.05, 4.69) is 10.3 Å². The van der Waals surface area contributed by atoms with Gasteiger partial charge in [-0.3, -0.25) is 9.78 Å². The third-order valence-electron chi connectivity index (χ3n) is 3.49. The number of nitrogens with one attached hydrogen (secondary N) is 1. The minimum Gasteiger partial charge on any atom is -0.408 e. The molecular formula is C19H22FN3O3. The summed E-state index contributed by atoms with van der Waals surface area (Å²) >= 11 is 0. The van der Waals surface area contributed by atoms with Crippen molar-refractivity contribution < 1.29 is 14.3 Å². The Morgan fingerprint density at radius 3 is 2.69 bits per heavy atom. The Labute approximate surface area is 150 Å². The molecule has 6 nitrogen and oxygen atoms in total. The van der Waals surface area contributed by atoms with Crippen molar-refractivity contribution in [3.63, 3.8) is 0 Å². The lowest BCUT2D eigenvalue weighted by Gasteiger charge is -2.12. The molecule has 2 heterocycles. The second kappa shape index (κ2) is 8.96. The summed E-state index contributed by atoms with van der Waals surface area (Å²) in [5, 5.41) is 12.7. The Bertz CT molecular complexity index is 941. The van der Waals surface area contributed by atoms with Gasteiger partial charge in [0.05, 0.1) is 29.6 Å². The van der Waals surface area contributed by atoms with E-state index in [-0.39, 0.29) is 18.9 Å². The molecule has 0 saturated heterocycles. The van der Waals surface area contributed by atoms with Crippen LogP contribution in [0.5, 0.6) is 0 Å². The van der Waals surface area contributed by atoms with Crippen LogP contribution in [-0.4, -0.2) is 28.0 Å². The summed E-state index contributed by atoms with van der Waals surface area (Å²) in [5.74, 6) is -0.417. The molecule has 26 heavy (non-hydrogen) atoms. The number of nitrogens with zero attached hydrogens (tertiary/aromatic N) is 2. The summed E-state index contributed by atoms with van der Waals surface area (Å²) in [6, 6.07) is 6.45. The minimum absolute atomic E-state index is 0.00809. The summed E-state index contributed by atoms with van der Waals surface area (Å²) < 4.78 is 15.1. The van der Waals surface area contributed by atoms with Crippen molar-refractivity contribution in [3.05, 3.63) is 64.6 Å². The van der Waals surface area contributed by atoms with Gasteiger partial charge in [0, 0.05) is 17.8 Å². The monoisotopic (exact) mass is 359 g/mol. The first-order chi connectivity index (χ1) is 12.6. The highest BCUT2D eigenvalue weighted by Crippen LogP contribution is 2.24. The van der Waals surface area contributed by atoms with Crippen molar-refractivity contribution in [1.82, 2.24) is 9.71 Å². The third kappa shape index (κ3) is 4.18. The number of aromatic nitrogens is 2. The molecular weight excluding hydrogens is 337 g/mol. The molecule has 0 aliphatic heterocycles. The van der Waals surface area contributed by atoms with Gasteiger partial charge in [-0.25, -0.2) is 4.39 Å². The van der Waals surface area contributed by atoms with Crippen LogP contribution in [0.4, 0.5) is 15.8 Å². The predicted molar refractivity (Wildman–Crippen MR) is 100 cm³/mol. The quantitative estimate of drug-likeness (QED) is 0.732. The van der Waals surface area contributed by atoms with Crippen molar-refractivity contribution in [2.24, 2.45) is 0 Å². The number of halogens is 1. The average molecular weight is 359 g/mol. The molecule has 0 aliphatic carbocycles. The number of aliphatic hydroxyl groups is 1. The topological polar surface area (TPSA) is 76.4 Å². The molecule has 0 fully saturated rings. The fourth-order valence-corrected chi connectivity index (χ4v) is 2.37. The van der Waals surface area contributed by atoms with Gasteiger partial charge in [-0.05, 0) is 30.7 Å². The molecule has 0 aliphatic rings. The first-order valence-electron chi connectivity index (χ1n) is 8.37. The van der Waals surface area contributed by atoms with E-state index in [1.807, 2.05) is 13.8 Å². The molecule has 0 spiro atoms. The van der Waals surface area contributed by atoms with Gasteiger partial charge in [0.15, 0.2) is 0 Å². The van der Waals surface area contributed by atoms with Crippen LogP contribution in [0.2, 0.25) is 0 Å². The molecule has 7 heteroatoms. The zero-order chi connectivity index (χ0) is 19.1. The lowest BCUT2D eigenvalue weighted by atomic mass is 10.1. The molecule has 3 rings (SSSR count). The highest BCUT2D eigenvalue weighted by atomic mass is 19.1. The minimum atomic E-state index is -0.418. The van der Waals surface area contributed by atoms with Crippen LogP contribution in [0.15, 0.2) is 47.7 Å². The van der Waals surface area contributed by atoms with Gasteiger partial charge in [0.2, 0.25) is 0 Å². The van der Waals surface area contributed by atoms with E-state index in [9.17, 15) is 9.18 Å². The van der Waals surface area contributed by atoms with E-state index in [0.29, 0.717) is 16.5 Å². The largest absolute Gasteiger partial charge is 0.408 e. The van der Waals surface area contributed by atoms with Gasteiger partial charge in [0.25, 0.3) is 5.56 Å². The number of aryl methyl sites for hydroxylation is 1. The molecule has 0 atom stereocenters. The first kappa shape index (κ1) is 19.4. The first-order valence-corrected chi connectivity index (χ1v) is 8.37. The maximum absolute atomic E-state index is 14.1. The fourth-order valence-electron chi connectivity index (χ4n) is 2.37. The Hall–Kier alpha value is -2.93. The van der Waals surface area contributed by atoms with Gasteiger partial charge in [0.1, 0.15) is 12.4 Å². The number of pyridine rings is 2. The van der Waals surface area contributed by atoms with Crippen molar-refractivity contribution in [2.45, 2.75) is 20.8 Å². The molecule has 0 saturated carbocycles. The van der Waals surface area contributed by atoms with Crippen LogP contribution in [0.1, 0.15) is 19.4 Å². The maximum Gasteiger partial charge on any atom is 0.293 e. The summed E-state index contributed by atoms with van der Waals surface area (Å²) in [4.78, 5) is 21.8. The highest BCUT2D eigenvalue weighted by Gasteiger charge is 2.11. The molecule has 0 radical (unpaired) electrons. The number of hydrogen-bond acceptors (Lipinski definition) is 5. The normalized spacial score (nSPS) is 10.2. The predicted octanol–water partition coefficient (Wildman–Crippen LogP) is 3.03. The van der Waals surface area contributed by atoms with Crippen LogP contribution in [0.3, 0.4) is 0 Å². The van der Waals surface area contributed by atoms with E-state index in [1.165, 1.54) is 18.5 Å². The number of anilines is 2. The summed E-state index contributed by atoms with van der Waals surface area (Å²) in [5.41, 5.74) is 1.01. The Balaban J connectivity index is 0.00000117. The standard InChI is InChI=1S/C17H16FN3O3.C2H6/c1-11-2-3-14(13(18)8-11)20-15-10-19-9-12-4-5-21(24-7-6-22)17(23)16(12)15;1-2/h2-5,8-10,20,22H,6-7H2,1H3;1-2H3.